The fraction of sp³-hybridized carbons (Fsp3) is 0.476. The smallest absolute Gasteiger partial charge is 0.425 e. The number of carbonyl (C=O) groups excluding carboxylic acids is 2. The molecule has 176 valence electrons. The number of ether oxygens (including phenoxy) is 1. The number of halogens is 3. The zero-order valence-corrected chi connectivity index (χ0v) is 18.3. The SMILES string of the molecule is CCC(NC(=O)CC(O)(c1nccn1C)C(F)(F)F)c1ccccc1OCC(=O)N(C)C. The van der Waals surface area contributed by atoms with Gasteiger partial charge in [-0.2, -0.15) is 13.2 Å². The second-order valence-electron chi connectivity index (χ2n) is 7.54. The van der Waals surface area contributed by atoms with Gasteiger partial charge in [-0.15, -0.1) is 0 Å². The molecule has 0 saturated heterocycles. The maximum absolute atomic E-state index is 13.7. The number of benzene rings is 1. The zero-order valence-electron chi connectivity index (χ0n) is 18.3. The van der Waals surface area contributed by atoms with Crippen molar-refractivity contribution in [2.75, 3.05) is 20.7 Å². The predicted octanol–water partition coefficient (Wildman–Crippen LogP) is 2.29. The highest BCUT2D eigenvalue weighted by Crippen LogP contribution is 2.41. The van der Waals surface area contributed by atoms with Gasteiger partial charge >= 0.3 is 6.18 Å². The summed E-state index contributed by atoms with van der Waals surface area (Å²) < 4.78 is 47.7. The van der Waals surface area contributed by atoms with Crippen molar-refractivity contribution in [2.24, 2.45) is 7.05 Å². The molecule has 11 heteroatoms. The van der Waals surface area contributed by atoms with Crippen LogP contribution in [0.5, 0.6) is 5.75 Å². The summed E-state index contributed by atoms with van der Waals surface area (Å²) in [6, 6.07) is 5.92. The monoisotopic (exact) mass is 456 g/mol. The van der Waals surface area contributed by atoms with Gasteiger partial charge < -0.3 is 24.6 Å². The van der Waals surface area contributed by atoms with Gasteiger partial charge in [-0.1, -0.05) is 25.1 Å². The highest BCUT2D eigenvalue weighted by Gasteiger charge is 2.58. The van der Waals surface area contributed by atoms with Gasteiger partial charge in [-0.3, -0.25) is 9.59 Å². The van der Waals surface area contributed by atoms with E-state index in [1.807, 2.05) is 0 Å². The predicted molar refractivity (Wildman–Crippen MR) is 110 cm³/mol. The second kappa shape index (κ2) is 10.0. The Morgan fingerprint density at radius 3 is 2.47 bits per heavy atom. The minimum absolute atomic E-state index is 0.235. The molecule has 0 aliphatic heterocycles. The van der Waals surface area contributed by atoms with Crippen molar-refractivity contribution in [3.63, 3.8) is 0 Å². The molecule has 1 heterocycles. The molecule has 2 atom stereocenters. The first-order valence-electron chi connectivity index (χ1n) is 9.88. The van der Waals surface area contributed by atoms with E-state index < -0.39 is 36.0 Å². The first-order valence-corrected chi connectivity index (χ1v) is 9.88. The summed E-state index contributed by atoms with van der Waals surface area (Å²) in [6.45, 7) is 1.50. The quantitative estimate of drug-likeness (QED) is 0.604. The minimum atomic E-state index is -5.13. The van der Waals surface area contributed by atoms with Crippen LogP contribution < -0.4 is 10.1 Å². The largest absolute Gasteiger partial charge is 0.483 e. The van der Waals surface area contributed by atoms with Crippen molar-refractivity contribution in [3.8, 4) is 5.75 Å². The van der Waals surface area contributed by atoms with Gasteiger partial charge in [-0.25, -0.2) is 4.98 Å². The molecule has 0 aliphatic rings. The Morgan fingerprint density at radius 2 is 1.94 bits per heavy atom. The van der Waals surface area contributed by atoms with Crippen LogP contribution in [0.1, 0.15) is 37.2 Å². The Balaban J connectivity index is 2.23. The number of aliphatic hydroxyl groups is 1. The van der Waals surface area contributed by atoms with E-state index in [4.69, 9.17) is 4.74 Å². The third-order valence-electron chi connectivity index (χ3n) is 4.96. The normalized spacial score (nSPS) is 14.4. The summed E-state index contributed by atoms with van der Waals surface area (Å²) >= 11 is 0. The molecule has 0 bridgehead atoms. The van der Waals surface area contributed by atoms with Gasteiger partial charge in [0.15, 0.2) is 12.4 Å². The number of imidazole rings is 1. The highest BCUT2D eigenvalue weighted by atomic mass is 19.4. The van der Waals surface area contributed by atoms with Crippen LogP contribution in [0, 0.1) is 0 Å². The number of nitrogens with one attached hydrogen (secondary N) is 1. The van der Waals surface area contributed by atoms with Crippen LogP contribution in [-0.2, 0) is 22.2 Å². The van der Waals surface area contributed by atoms with Gasteiger partial charge in [0.2, 0.25) is 11.5 Å². The fourth-order valence-electron chi connectivity index (χ4n) is 3.12. The van der Waals surface area contributed by atoms with Crippen LogP contribution in [0.4, 0.5) is 13.2 Å². The van der Waals surface area contributed by atoms with Crippen LogP contribution in [0.3, 0.4) is 0 Å². The maximum Gasteiger partial charge on any atom is 0.425 e. The number of hydrogen-bond donors (Lipinski definition) is 2. The third-order valence-corrected chi connectivity index (χ3v) is 4.96. The number of aromatic nitrogens is 2. The Labute approximate surface area is 184 Å². The molecular formula is C21H27F3N4O4. The lowest BCUT2D eigenvalue weighted by atomic mass is 9.96. The Hall–Kier alpha value is -3.08. The zero-order chi connectivity index (χ0) is 24.1. The number of amides is 2. The van der Waals surface area contributed by atoms with Crippen molar-refractivity contribution < 1.29 is 32.6 Å². The Bertz CT molecular complexity index is 945. The van der Waals surface area contributed by atoms with Crippen molar-refractivity contribution in [1.29, 1.82) is 0 Å². The van der Waals surface area contributed by atoms with E-state index in [2.05, 4.69) is 10.3 Å². The first kappa shape index (κ1) is 25.2. The van der Waals surface area contributed by atoms with E-state index in [1.54, 1.807) is 45.3 Å². The standard InChI is InChI=1S/C21H27F3N4O4/c1-5-15(14-8-6-7-9-16(14)32-13-18(30)27(2)3)26-17(29)12-20(31,21(22,23)24)19-25-10-11-28(19)4/h6-11,15,31H,5,12-13H2,1-4H3,(H,26,29). The molecule has 1 aromatic heterocycles. The van der Waals surface area contributed by atoms with Crippen molar-refractivity contribution in [2.45, 2.75) is 37.6 Å². The van der Waals surface area contributed by atoms with E-state index in [0.29, 0.717) is 17.7 Å². The number of para-hydroxylation sites is 1. The average molecular weight is 456 g/mol. The number of rotatable bonds is 9. The van der Waals surface area contributed by atoms with Crippen molar-refractivity contribution in [1.82, 2.24) is 19.8 Å². The second-order valence-corrected chi connectivity index (χ2v) is 7.54. The van der Waals surface area contributed by atoms with Crippen LogP contribution in [0.15, 0.2) is 36.7 Å². The average Bonchev–Trinajstić information content (AvgIpc) is 3.16. The Morgan fingerprint density at radius 1 is 1.28 bits per heavy atom. The van der Waals surface area contributed by atoms with E-state index in [1.165, 1.54) is 18.1 Å². The molecule has 0 fully saturated rings. The molecule has 2 aromatic rings. The summed E-state index contributed by atoms with van der Waals surface area (Å²) in [7, 11) is 4.46. The topological polar surface area (TPSA) is 96.7 Å². The summed E-state index contributed by atoms with van der Waals surface area (Å²) in [5.41, 5.74) is -2.95. The van der Waals surface area contributed by atoms with E-state index in [-0.39, 0.29) is 12.5 Å². The summed E-state index contributed by atoms with van der Waals surface area (Å²) in [6.07, 6.45) is -3.69. The molecule has 2 unspecified atom stereocenters. The molecule has 2 N–H and O–H groups in total. The molecule has 2 amide bonds. The fourth-order valence-corrected chi connectivity index (χ4v) is 3.12. The lowest BCUT2D eigenvalue weighted by Gasteiger charge is -2.30. The number of aryl methyl sites for hydroxylation is 1. The van der Waals surface area contributed by atoms with E-state index in [0.717, 1.165) is 10.8 Å². The molecule has 0 saturated carbocycles. The number of likely N-dealkylation sites (N-methyl/N-ethyl adjacent to an activating group) is 1. The molecular weight excluding hydrogens is 429 g/mol. The number of alkyl halides is 3. The molecule has 0 radical (unpaired) electrons. The van der Waals surface area contributed by atoms with E-state index >= 15 is 0 Å². The Kier molecular flexibility index (Phi) is 7.89. The lowest BCUT2D eigenvalue weighted by Crippen LogP contribution is -2.48. The summed E-state index contributed by atoms with van der Waals surface area (Å²) in [5.74, 6) is -1.65. The molecule has 2 rings (SSSR count). The molecule has 1 aromatic carbocycles. The van der Waals surface area contributed by atoms with Crippen molar-refractivity contribution >= 4 is 11.8 Å². The molecule has 0 aliphatic carbocycles. The lowest BCUT2D eigenvalue weighted by molar-refractivity contribution is -0.271. The van der Waals surface area contributed by atoms with Gasteiger partial charge in [0.1, 0.15) is 5.75 Å². The highest BCUT2D eigenvalue weighted by molar-refractivity contribution is 5.78. The first-order chi connectivity index (χ1) is 14.9. The number of hydrogen-bond acceptors (Lipinski definition) is 5. The van der Waals surface area contributed by atoms with Crippen molar-refractivity contribution in [3.05, 3.63) is 48.0 Å². The van der Waals surface area contributed by atoms with Gasteiger partial charge in [0.25, 0.3) is 5.91 Å². The van der Waals surface area contributed by atoms with Crippen LogP contribution in [0.2, 0.25) is 0 Å². The van der Waals surface area contributed by atoms with E-state index in [9.17, 15) is 27.9 Å². The van der Waals surface area contributed by atoms with Crippen LogP contribution in [0.25, 0.3) is 0 Å². The van der Waals surface area contributed by atoms with Gasteiger partial charge in [0, 0.05) is 39.1 Å². The van der Waals surface area contributed by atoms with Crippen LogP contribution in [-0.4, -0.2) is 58.3 Å². The minimum Gasteiger partial charge on any atom is -0.483 e. The maximum atomic E-state index is 13.7. The van der Waals surface area contributed by atoms with Crippen LogP contribution >= 0.6 is 0 Å². The molecule has 8 nitrogen and oxygen atoms in total. The van der Waals surface area contributed by atoms with Gasteiger partial charge in [0.05, 0.1) is 12.5 Å². The summed E-state index contributed by atoms with van der Waals surface area (Å²) in [5, 5.41) is 13.0. The number of nitrogens with zero attached hydrogens (tertiary/aromatic N) is 3. The molecule has 0 spiro atoms. The summed E-state index contributed by atoms with van der Waals surface area (Å²) in [4.78, 5) is 29.4. The van der Waals surface area contributed by atoms with Gasteiger partial charge in [-0.05, 0) is 12.5 Å². The third kappa shape index (κ3) is 5.58. The number of carbonyl (C=O) groups is 2. The molecule has 32 heavy (non-hydrogen) atoms.